The summed E-state index contributed by atoms with van der Waals surface area (Å²) in [5.41, 5.74) is 2.34. The third-order valence-corrected chi connectivity index (χ3v) is 3.47. The van der Waals surface area contributed by atoms with Crippen molar-refractivity contribution in [2.75, 3.05) is 0 Å². The molecule has 1 aromatic rings. The van der Waals surface area contributed by atoms with Crippen LogP contribution in [0.15, 0.2) is 29.3 Å². The highest BCUT2D eigenvalue weighted by Gasteiger charge is 2.29. The highest BCUT2D eigenvalue weighted by molar-refractivity contribution is 6.05. The van der Waals surface area contributed by atoms with Crippen LogP contribution in [0.1, 0.15) is 49.8 Å². The number of guanidine groups is 1. The number of nitrogens with one attached hydrogen (secondary N) is 2. The summed E-state index contributed by atoms with van der Waals surface area (Å²) in [6.07, 6.45) is 2.59. The maximum absolute atomic E-state index is 11.9. The van der Waals surface area contributed by atoms with Crippen LogP contribution >= 0.6 is 0 Å². The lowest BCUT2D eigenvalue weighted by Crippen LogP contribution is -2.40. The average molecular weight is 257 g/mol. The largest absolute Gasteiger partial charge is 0.354 e. The average Bonchev–Trinajstić information content (AvgIpc) is 3.14. The predicted octanol–water partition coefficient (Wildman–Crippen LogP) is 2.09. The Morgan fingerprint density at radius 3 is 2.42 bits per heavy atom. The second-order valence-corrected chi connectivity index (χ2v) is 5.61. The molecule has 0 spiro atoms. The van der Waals surface area contributed by atoms with Gasteiger partial charge in [0.2, 0.25) is 0 Å². The molecule has 19 heavy (non-hydrogen) atoms. The van der Waals surface area contributed by atoms with Crippen molar-refractivity contribution in [1.29, 1.82) is 0 Å². The smallest absolute Gasteiger partial charge is 0.256 e. The number of hydrogen-bond donors (Lipinski definition) is 2. The van der Waals surface area contributed by atoms with Crippen molar-refractivity contribution in [3.05, 3.63) is 35.4 Å². The van der Waals surface area contributed by atoms with Crippen LogP contribution in [0.25, 0.3) is 0 Å². The van der Waals surface area contributed by atoms with Gasteiger partial charge in [-0.05, 0) is 43.7 Å². The molecule has 1 aliphatic carbocycles. The lowest BCUT2D eigenvalue weighted by atomic mass is 10.0. The fourth-order valence-electron chi connectivity index (χ4n) is 2.34. The second kappa shape index (κ2) is 4.68. The van der Waals surface area contributed by atoms with Gasteiger partial charge in [-0.15, -0.1) is 0 Å². The molecule has 1 aliphatic heterocycles. The van der Waals surface area contributed by atoms with E-state index in [1.165, 1.54) is 18.4 Å². The molecule has 1 fully saturated rings. The van der Waals surface area contributed by atoms with Gasteiger partial charge in [0, 0.05) is 6.04 Å². The van der Waals surface area contributed by atoms with E-state index in [0.29, 0.717) is 5.96 Å². The molecule has 4 nitrogen and oxygen atoms in total. The van der Waals surface area contributed by atoms with Gasteiger partial charge < -0.3 is 5.32 Å². The van der Waals surface area contributed by atoms with Crippen LogP contribution in [-0.2, 0) is 4.79 Å². The van der Waals surface area contributed by atoms with Crippen LogP contribution in [0.5, 0.6) is 0 Å². The van der Waals surface area contributed by atoms with Gasteiger partial charge in [-0.3, -0.25) is 10.1 Å². The quantitative estimate of drug-likeness (QED) is 0.871. The number of carbonyl (C=O) groups excluding carboxylic acids is 1. The van der Waals surface area contributed by atoms with E-state index < -0.39 is 6.04 Å². The molecule has 0 bridgehead atoms. The van der Waals surface area contributed by atoms with Crippen LogP contribution < -0.4 is 10.6 Å². The molecule has 3 rings (SSSR count). The summed E-state index contributed by atoms with van der Waals surface area (Å²) >= 11 is 0. The highest BCUT2D eigenvalue weighted by atomic mass is 16.2. The van der Waals surface area contributed by atoms with Crippen molar-refractivity contribution in [3.63, 3.8) is 0 Å². The Bertz CT molecular complexity index is 515. The summed E-state index contributed by atoms with van der Waals surface area (Å²) in [6.45, 7) is 4.04. The van der Waals surface area contributed by atoms with Crippen LogP contribution in [0.4, 0.5) is 0 Å². The Hall–Kier alpha value is -1.84. The van der Waals surface area contributed by atoms with Gasteiger partial charge in [-0.25, -0.2) is 4.99 Å². The molecule has 0 radical (unpaired) electrons. The molecule has 1 aromatic carbocycles. The lowest BCUT2D eigenvalue weighted by Gasteiger charge is -2.07. The van der Waals surface area contributed by atoms with Gasteiger partial charge in [-0.2, -0.15) is 0 Å². The van der Waals surface area contributed by atoms with Crippen molar-refractivity contribution in [3.8, 4) is 0 Å². The molecule has 1 amide bonds. The number of amides is 1. The summed E-state index contributed by atoms with van der Waals surface area (Å²) in [5, 5.41) is 5.91. The van der Waals surface area contributed by atoms with E-state index >= 15 is 0 Å². The van der Waals surface area contributed by atoms with E-state index in [0.717, 1.165) is 11.5 Å². The van der Waals surface area contributed by atoms with Crippen LogP contribution in [-0.4, -0.2) is 17.9 Å². The zero-order valence-corrected chi connectivity index (χ0v) is 11.3. The molecule has 1 unspecified atom stereocenters. The van der Waals surface area contributed by atoms with E-state index in [4.69, 9.17) is 0 Å². The fourth-order valence-corrected chi connectivity index (χ4v) is 2.34. The van der Waals surface area contributed by atoms with E-state index in [2.05, 4.69) is 27.8 Å². The van der Waals surface area contributed by atoms with Crippen molar-refractivity contribution >= 4 is 11.9 Å². The Kier molecular flexibility index (Phi) is 3.01. The summed E-state index contributed by atoms with van der Waals surface area (Å²) in [4.78, 5) is 16.3. The maximum atomic E-state index is 11.9. The molecular weight excluding hydrogens is 238 g/mol. The van der Waals surface area contributed by atoms with E-state index in [-0.39, 0.29) is 11.9 Å². The molecule has 1 heterocycles. The van der Waals surface area contributed by atoms with Crippen molar-refractivity contribution in [2.24, 2.45) is 4.99 Å². The minimum Gasteiger partial charge on any atom is -0.354 e. The predicted molar refractivity (Wildman–Crippen MR) is 75.0 cm³/mol. The number of aliphatic imine (C=N–C) groups is 1. The van der Waals surface area contributed by atoms with Gasteiger partial charge in [0.15, 0.2) is 12.0 Å². The van der Waals surface area contributed by atoms with E-state index in [1.807, 2.05) is 26.0 Å². The number of rotatable bonds is 3. The zero-order valence-electron chi connectivity index (χ0n) is 11.3. The Morgan fingerprint density at radius 2 is 1.84 bits per heavy atom. The zero-order chi connectivity index (χ0) is 13.4. The second-order valence-electron chi connectivity index (χ2n) is 5.61. The van der Waals surface area contributed by atoms with Crippen molar-refractivity contribution in [2.45, 2.75) is 44.7 Å². The Morgan fingerprint density at radius 1 is 1.21 bits per heavy atom. The highest BCUT2D eigenvalue weighted by Crippen LogP contribution is 2.40. The summed E-state index contributed by atoms with van der Waals surface area (Å²) < 4.78 is 0. The first-order valence-corrected chi connectivity index (χ1v) is 6.88. The van der Waals surface area contributed by atoms with Gasteiger partial charge in [0.25, 0.3) is 5.91 Å². The van der Waals surface area contributed by atoms with Gasteiger partial charge in [0.05, 0.1) is 0 Å². The van der Waals surface area contributed by atoms with Crippen LogP contribution in [0.3, 0.4) is 0 Å². The molecular formula is C15H19N3O. The molecule has 0 aromatic heterocycles. The third kappa shape index (κ3) is 2.62. The molecule has 0 saturated heterocycles. The molecule has 1 atom stereocenters. The summed E-state index contributed by atoms with van der Waals surface area (Å²) in [7, 11) is 0. The standard InChI is InChI=1S/C15H19N3O/c1-9(2)16-15-17-13(14(19)18-15)12-7-5-11(6-8-12)10-3-4-10/h5-10,13H,3-4H2,1-2H3,(H2,16,17,18,19). The van der Waals surface area contributed by atoms with E-state index in [9.17, 15) is 4.79 Å². The molecule has 1 saturated carbocycles. The topological polar surface area (TPSA) is 53.5 Å². The fraction of sp³-hybridized carbons (Fsp3) is 0.467. The van der Waals surface area contributed by atoms with Gasteiger partial charge in [-0.1, -0.05) is 24.3 Å². The third-order valence-electron chi connectivity index (χ3n) is 3.47. The SMILES string of the molecule is CC(C)NC1=NC(c2ccc(C3CC3)cc2)C(=O)N1. The number of carbonyl (C=O) groups is 1. The minimum atomic E-state index is -0.408. The first-order chi connectivity index (χ1) is 9.13. The first kappa shape index (κ1) is 12.2. The number of benzene rings is 1. The molecule has 100 valence electrons. The van der Waals surface area contributed by atoms with Crippen molar-refractivity contribution in [1.82, 2.24) is 10.6 Å². The van der Waals surface area contributed by atoms with Gasteiger partial charge >= 0.3 is 0 Å². The maximum Gasteiger partial charge on any atom is 0.256 e. The molecule has 2 aliphatic rings. The van der Waals surface area contributed by atoms with Crippen LogP contribution in [0.2, 0.25) is 0 Å². The molecule has 2 N–H and O–H groups in total. The Labute approximate surface area is 113 Å². The van der Waals surface area contributed by atoms with E-state index in [1.54, 1.807) is 0 Å². The van der Waals surface area contributed by atoms with Crippen LogP contribution in [0, 0.1) is 0 Å². The normalized spacial score (nSPS) is 22.4. The summed E-state index contributed by atoms with van der Waals surface area (Å²) in [5.74, 6) is 1.27. The number of nitrogens with zero attached hydrogens (tertiary/aromatic N) is 1. The van der Waals surface area contributed by atoms with Gasteiger partial charge in [0.1, 0.15) is 0 Å². The molecule has 4 heteroatoms. The number of hydrogen-bond acceptors (Lipinski definition) is 3. The lowest BCUT2D eigenvalue weighted by molar-refractivity contribution is -0.120. The monoisotopic (exact) mass is 257 g/mol. The van der Waals surface area contributed by atoms with Crippen molar-refractivity contribution < 1.29 is 4.79 Å². The first-order valence-electron chi connectivity index (χ1n) is 6.88. The minimum absolute atomic E-state index is 0.0534. The Balaban J connectivity index is 1.76. The summed E-state index contributed by atoms with van der Waals surface area (Å²) in [6, 6.07) is 8.16.